The highest BCUT2D eigenvalue weighted by Gasteiger charge is 2.45. The molecule has 20 heavy (non-hydrogen) atoms. The SMILES string of the molecule is COc1cc2c(cc1Br)CN(C(=O)C(F)(F)F)C(C)C2. The van der Waals surface area contributed by atoms with E-state index in [2.05, 4.69) is 15.9 Å². The second kappa shape index (κ2) is 5.27. The largest absolute Gasteiger partial charge is 0.496 e. The molecule has 0 aliphatic carbocycles. The summed E-state index contributed by atoms with van der Waals surface area (Å²) in [6.07, 6.45) is -4.46. The van der Waals surface area contributed by atoms with Crippen LogP contribution in [-0.2, 0) is 17.8 Å². The third kappa shape index (κ3) is 2.77. The first kappa shape index (κ1) is 15.2. The molecule has 0 spiro atoms. The molecule has 7 heteroatoms. The maximum atomic E-state index is 12.6. The van der Waals surface area contributed by atoms with Crippen molar-refractivity contribution in [3.63, 3.8) is 0 Å². The standard InChI is InChI=1S/C13H13BrF3NO2/c1-7-3-8-5-11(20-2)10(14)4-9(8)6-18(7)12(19)13(15,16)17/h4-5,7H,3,6H2,1-2H3. The van der Waals surface area contributed by atoms with Crippen LogP contribution in [0.25, 0.3) is 0 Å². The number of carbonyl (C=O) groups excluding carboxylic acids is 1. The molecule has 0 bridgehead atoms. The normalized spacial score (nSPS) is 18.7. The number of methoxy groups -OCH3 is 1. The van der Waals surface area contributed by atoms with Crippen molar-refractivity contribution in [1.29, 1.82) is 0 Å². The second-order valence-corrected chi connectivity index (χ2v) is 5.59. The van der Waals surface area contributed by atoms with Crippen molar-refractivity contribution in [2.45, 2.75) is 32.1 Å². The molecule has 0 radical (unpaired) electrons. The number of benzene rings is 1. The molecule has 0 aromatic heterocycles. The topological polar surface area (TPSA) is 29.5 Å². The monoisotopic (exact) mass is 351 g/mol. The first-order valence-corrected chi connectivity index (χ1v) is 6.76. The summed E-state index contributed by atoms with van der Waals surface area (Å²) in [7, 11) is 1.53. The Hall–Kier alpha value is -1.24. The second-order valence-electron chi connectivity index (χ2n) is 4.74. The number of carbonyl (C=O) groups is 1. The van der Waals surface area contributed by atoms with Gasteiger partial charge in [-0.3, -0.25) is 4.79 Å². The van der Waals surface area contributed by atoms with Crippen molar-refractivity contribution in [2.75, 3.05) is 7.11 Å². The molecular weight excluding hydrogens is 339 g/mol. The molecule has 2 rings (SSSR count). The molecule has 0 N–H and O–H groups in total. The van der Waals surface area contributed by atoms with Gasteiger partial charge in [0.25, 0.3) is 0 Å². The lowest BCUT2D eigenvalue weighted by Gasteiger charge is -2.35. The minimum absolute atomic E-state index is 0.0442. The zero-order chi connectivity index (χ0) is 15.1. The Bertz CT molecular complexity index is 545. The van der Waals surface area contributed by atoms with Crippen LogP contribution in [-0.4, -0.2) is 30.1 Å². The number of hydrogen-bond acceptors (Lipinski definition) is 2. The van der Waals surface area contributed by atoms with E-state index >= 15 is 0 Å². The molecule has 1 heterocycles. The van der Waals surface area contributed by atoms with Gasteiger partial charge >= 0.3 is 12.1 Å². The van der Waals surface area contributed by atoms with Crippen molar-refractivity contribution in [2.24, 2.45) is 0 Å². The van der Waals surface area contributed by atoms with Crippen LogP contribution < -0.4 is 4.74 Å². The average molecular weight is 352 g/mol. The van der Waals surface area contributed by atoms with Gasteiger partial charge in [0.15, 0.2) is 0 Å². The van der Waals surface area contributed by atoms with Crippen molar-refractivity contribution in [3.05, 3.63) is 27.7 Å². The van der Waals surface area contributed by atoms with Crippen LogP contribution in [0.3, 0.4) is 0 Å². The number of amides is 1. The van der Waals surface area contributed by atoms with E-state index in [0.717, 1.165) is 10.5 Å². The fourth-order valence-electron chi connectivity index (χ4n) is 2.33. The fourth-order valence-corrected chi connectivity index (χ4v) is 2.89. The summed E-state index contributed by atoms with van der Waals surface area (Å²) < 4.78 is 43.5. The summed E-state index contributed by atoms with van der Waals surface area (Å²) >= 11 is 3.30. The molecule has 1 aromatic carbocycles. The Morgan fingerprint density at radius 3 is 2.60 bits per heavy atom. The van der Waals surface area contributed by atoms with E-state index in [-0.39, 0.29) is 6.54 Å². The van der Waals surface area contributed by atoms with E-state index in [1.807, 2.05) is 0 Å². The Morgan fingerprint density at radius 2 is 2.05 bits per heavy atom. The van der Waals surface area contributed by atoms with Gasteiger partial charge in [-0.2, -0.15) is 13.2 Å². The quantitative estimate of drug-likeness (QED) is 0.776. The summed E-state index contributed by atoms with van der Waals surface area (Å²) in [5.74, 6) is -1.16. The molecule has 0 saturated heterocycles. The highest BCUT2D eigenvalue weighted by Crippen LogP contribution is 2.34. The average Bonchev–Trinajstić information content (AvgIpc) is 2.36. The Morgan fingerprint density at radius 1 is 1.40 bits per heavy atom. The number of halogens is 4. The Labute approximate surface area is 122 Å². The van der Waals surface area contributed by atoms with E-state index in [0.29, 0.717) is 22.2 Å². The number of rotatable bonds is 1. The van der Waals surface area contributed by atoms with Gasteiger partial charge in [0.2, 0.25) is 0 Å². The van der Waals surface area contributed by atoms with Gasteiger partial charge in [-0.25, -0.2) is 0 Å². The van der Waals surface area contributed by atoms with Crippen molar-refractivity contribution < 1.29 is 22.7 Å². The molecule has 3 nitrogen and oxygen atoms in total. The first-order chi connectivity index (χ1) is 9.24. The number of hydrogen-bond donors (Lipinski definition) is 0. The van der Waals surface area contributed by atoms with E-state index in [4.69, 9.17) is 4.74 Å². The van der Waals surface area contributed by atoms with Crippen LogP contribution in [0.2, 0.25) is 0 Å². The van der Waals surface area contributed by atoms with Gasteiger partial charge in [-0.15, -0.1) is 0 Å². The van der Waals surface area contributed by atoms with Gasteiger partial charge in [0, 0.05) is 12.6 Å². The molecule has 1 atom stereocenters. The fraction of sp³-hybridized carbons (Fsp3) is 0.462. The molecule has 0 fully saturated rings. The van der Waals surface area contributed by atoms with Crippen LogP contribution in [0, 0.1) is 0 Å². The van der Waals surface area contributed by atoms with Crippen molar-refractivity contribution >= 4 is 21.8 Å². The van der Waals surface area contributed by atoms with Crippen LogP contribution >= 0.6 is 15.9 Å². The lowest BCUT2D eigenvalue weighted by Crippen LogP contribution is -2.48. The molecule has 1 aliphatic rings. The molecule has 1 aliphatic heterocycles. The van der Waals surface area contributed by atoms with Crippen molar-refractivity contribution in [3.8, 4) is 5.75 Å². The molecular formula is C13H13BrF3NO2. The van der Waals surface area contributed by atoms with E-state index in [9.17, 15) is 18.0 Å². The Balaban J connectivity index is 2.34. The van der Waals surface area contributed by atoms with Gasteiger partial charge in [0.1, 0.15) is 5.75 Å². The maximum Gasteiger partial charge on any atom is 0.471 e. The van der Waals surface area contributed by atoms with Crippen LogP contribution in [0.15, 0.2) is 16.6 Å². The molecule has 1 amide bonds. The van der Waals surface area contributed by atoms with Crippen molar-refractivity contribution in [1.82, 2.24) is 4.90 Å². The summed E-state index contributed by atoms with van der Waals surface area (Å²) in [5, 5.41) is 0. The highest BCUT2D eigenvalue weighted by molar-refractivity contribution is 9.10. The number of nitrogens with zero attached hydrogens (tertiary/aromatic N) is 1. The summed E-state index contributed by atoms with van der Waals surface area (Å²) in [6.45, 7) is 1.57. The molecule has 110 valence electrons. The van der Waals surface area contributed by atoms with Gasteiger partial charge < -0.3 is 9.64 Å². The summed E-state index contributed by atoms with van der Waals surface area (Å²) in [6, 6.07) is 3.00. The smallest absolute Gasteiger partial charge is 0.471 e. The lowest BCUT2D eigenvalue weighted by molar-refractivity contribution is -0.188. The summed E-state index contributed by atoms with van der Waals surface area (Å²) in [5.41, 5.74) is 1.61. The molecule has 1 unspecified atom stereocenters. The predicted octanol–water partition coefficient (Wildman–Crippen LogP) is 3.29. The third-order valence-corrected chi connectivity index (χ3v) is 3.99. The summed E-state index contributed by atoms with van der Waals surface area (Å²) in [4.78, 5) is 12.3. The number of alkyl halides is 3. The molecule has 0 saturated carbocycles. The minimum Gasteiger partial charge on any atom is -0.496 e. The van der Waals surface area contributed by atoms with Crippen LogP contribution in [0.5, 0.6) is 5.75 Å². The van der Waals surface area contributed by atoms with Crippen LogP contribution in [0.1, 0.15) is 18.1 Å². The van der Waals surface area contributed by atoms with E-state index in [1.54, 1.807) is 19.1 Å². The van der Waals surface area contributed by atoms with Gasteiger partial charge in [-0.05, 0) is 52.5 Å². The van der Waals surface area contributed by atoms with E-state index < -0.39 is 18.1 Å². The minimum atomic E-state index is -4.84. The van der Waals surface area contributed by atoms with Crippen LogP contribution in [0.4, 0.5) is 13.2 Å². The lowest BCUT2D eigenvalue weighted by atomic mass is 9.94. The predicted molar refractivity (Wildman–Crippen MR) is 70.5 cm³/mol. The van der Waals surface area contributed by atoms with Gasteiger partial charge in [-0.1, -0.05) is 0 Å². The molecule has 1 aromatic rings. The number of ether oxygens (including phenoxy) is 1. The maximum absolute atomic E-state index is 12.6. The highest BCUT2D eigenvalue weighted by atomic mass is 79.9. The Kier molecular flexibility index (Phi) is 4.00. The zero-order valence-electron chi connectivity index (χ0n) is 10.9. The third-order valence-electron chi connectivity index (χ3n) is 3.37. The van der Waals surface area contributed by atoms with Gasteiger partial charge in [0.05, 0.1) is 11.6 Å². The first-order valence-electron chi connectivity index (χ1n) is 5.97. The number of fused-ring (bicyclic) bond motifs is 1. The zero-order valence-corrected chi connectivity index (χ0v) is 12.5. The van der Waals surface area contributed by atoms with E-state index in [1.165, 1.54) is 7.11 Å².